The highest BCUT2D eigenvalue weighted by molar-refractivity contribution is 6.33. The third kappa shape index (κ3) is 2.57. The number of rotatable bonds is 3. The molecule has 0 N–H and O–H groups in total. The third-order valence-corrected chi connectivity index (χ3v) is 2.53. The molecule has 1 rings (SSSR count). The lowest BCUT2D eigenvalue weighted by molar-refractivity contribution is -0.141. The molecule has 15 heavy (non-hydrogen) atoms. The minimum atomic E-state index is -0.381. The third-order valence-electron chi connectivity index (χ3n) is 2.21. The van der Waals surface area contributed by atoms with Crippen LogP contribution in [0.1, 0.15) is 28.8 Å². The summed E-state index contributed by atoms with van der Waals surface area (Å²) < 4.78 is 4.61. The Hall–Kier alpha value is -1.35. The first-order chi connectivity index (χ1) is 7.10. The van der Waals surface area contributed by atoms with Crippen molar-refractivity contribution in [2.45, 2.75) is 12.8 Å². The monoisotopic (exact) mass is 226 g/mol. The van der Waals surface area contributed by atoms with Crippen LogP contribution in [-0.4, -0.2) is 19.4 Å². The first-order valence-corrected chi connectivity index (χ1v) is 4.80. The fourth-order valence-corrected chi connectivity index (χ4v) is 1.45. The van der Waals surface area contributed by atoms with Crippen molar-refractivity contribution in [1.82, 2.24) is 0 Å². The topological polar surface area (TPSA) is 43.4 Å². The van der Waals surface area contributed by atoms with Gasteiger partial charge in [-0.25, -0.2) is 0 Å². The van der Waals surface area contributed by atoms with Crippen molar-refractivity contribution in [3.05, 3.63) is 34.3 Å². The highest BCUT2D eigenvalue weighted by Crippen LogP contribution is 2.22. The van der Waals surface area contributed by atoms with Gasteiger partial charge in [0.05, 0.1) is 18.1 Å². The molecular weight excluding hydrogens is 216 g/mol. The van der Waals surface area contributed by atoms with E-state index in [1.165, 1.54) is 7.11 Å². The van der Waals surface area contributed by atoms with Crippen LogP contribution in [0, 0.1) is 0 Å². The summed E-state index contributed by atoms with van der Waals surface area (Å²) in [6.45, 7) is 1.72. The average Bonchev–Trinajstić information content (AvgIpc) is 2.26. The van der Waals surface area contributed by atoms with Gasteiger partial charge in [0.15, 0.2) is 6.29 Å². The number of hydrogen-bond acceptors (Lipinski definition) is 3. The largest absolute Gasteiger partial charge is 0.469 e. The summed E-state index contributed by atoms with van der Waals surface area (Å²) in [6.07, 6.45) is 0.676. The van der Waals surface area contributed by atoms with Crippen LogP contribution >= 0.6 is 11.6 Å². The Morgan fingerprint density at radius 1 is 1.53 bits per heavy atom. The van der Waals surface area contributed by atoms with Gasteiger partial charge in [-0.3, -0.25) is 9.59 Å². The SMILES string of the molecule is COC(=O)C(C)c1ccc(C=O)c(Cl)c1. The summed E-state index contributed by atoms with van der Waals surface area (Å²) in [6, 6.07) is 4.88. The first kappa shape index (κ1) is 11.7. The number of halogens is 1. The van der Waals surface area contributed by atoms with Crippen LogP contribution in [0.5, 0.6) is 0 Å². The molecule has 0 radical (unpaired) electrons. The van der Waals surface area contributed by atoms with E-state index in [0.717, 1.165) is 5.56 Å². The van der Waals surface area contributed by atoms with Gasteiger partial charge in [0.2, 0.25) is 0 Å². The molecular formula is C11H11ClO3. The Balaban J connectivity index is 3.02. The standard InChI is InChI=1S/C11H11ClO3/c1-7(11(14)15-2)8-3-4-9(6-13)10(12)5-8/h3-7H,1-2H3. The molecule has 1 aromatic carbocycles. The summed E-state index contributed by atoms with van der Waals surface area (Å²) in [5.41, 5.74) is 1.15. The number of aldehydes is 1. The maximum Gasteiger partial charge on any atom is 0.312 e. The van der Waals surface area contributed by atoms with E-state index in [1.54, 1.807) is 25.1 Å². The van der Waals surface area contributed by atoms with E-state index >= 15 is 0 Å². The van der Waals surface area contributed by atoms with Gasteiger partial charge in [-0.15, -0.1) is 0 Å². The maximum absolute atomic E-state index is 11.2. The van der Waals surface area contributed by atoms with Crippen molar-refractivity contribution in [3.8, 4) is 0 Å². The minimum Gasteiger partial charge on any atom is -0.469 e. The fourth-order valence-electron chi connectivity index (χ4n) is 1.22. The molecule has 0 fully saturated rings. The summed E-state index contributed by atoms with van der Waals surface area (Å²) in [7, 11) is 1.33. The molecule has 80 valence electrons. The highest BCUT2D eigenvalue weighted by Gasteiger charge is 2.16. The Morgan fingerprint density at radius 3 is 2.67 bits per heavy atom. The lowest BCUT2D eigenvalue weighted by atomic mass is 10.0. The summed E-state index contributed by atoms with van der Waals surface area (Å²) in [4.78, 5) is 21.8. The lowest BCUT2D eigenvalue weighted by Gasteiger charge is -2.10. The van der Waals surface area contributed by atoms with E-state index in [0.29, 0.717) is 16.9 Å². The van der Waals surface area contributed by atoms with Crippen LogP contribution in [-0.2, 0) is 9.53 Å². The van der Waals surface area contributed by atoms with Crippen molar-refractivity contribution in [2.24, 2.45) is 0 Å². The number of ether oxygens (including phenoxy) is 1. The van der Waals surface area contributed by atoms with E-state index in [9.17, 15) is 9.59 Å². The van der Waals surface area contributed by atoms with E-state index in [4.69, 9.17) is 11.6 Å². The van der Waals surface area contributed by atoms with Gasteiger partial charge in [-0.2, -0.15) is 0 Å². The van der Waals surface area contributed by atoms with Crippen molar-refractivity contribution < 1.29 is 14.3 Å². The van der Waals surface area contributed by atoms with Crippen molar-refractivity contribution in [3.63, 3.8) is 0 Å². The summed E-state index contributed by atoms with van der Waals surface area (Å²) >= 11 is 5.84. The van der Waals surface area contributed by atoms with Gasteiger partial charge in [0.1, 0.15) is 0 Å². The summed E-state index contributed by atoms with van der Waals surface area (Å²) in [5, 5.41) is 0.346. The molecule has 0 aromatic heterocycles. The number of hydrogen-bond donors (Lipinski definition) is 0. The van der Waals surface area contributed by atoms with E-state index in [-0.39, 0.29) is 11.9 Å². The zero-order valence-corrected chi connectivity index (χ0v) is 9.25. The van der Waals surface area contributed by atoms with Gasteiger partial charge in [0, 0.05) is 5.56 Å². The molecule has 1 aromatic rings. The van der Waals surface area contributed by atoms with Crippen LogP contribution in [0.3, 0.4) is 0 Å². The predicted octanol–water partition coefficient (Wildman–Crippen LogP) is 2.43. The molecule has 3 nitrogen and oxygen atoms in total. The molecule has 0 aliphatic rings. The molecule has 0 aliphatic carbocycles. The molecule has 1 atom stereocenters. The van der Waals surface area contributed by atoms with E-state index < -0.39 is 0 Å². The van der Waals surface area contributed by atoms with Crippen LogP contribution in [0.4, 0.5) is 0 Å². The minimum absolute atomic E-state index is 0.329. The number of carbonyl (C=O) groups excluding carboxylic acids is 2. The van der Waals surface area contributed by atoms with Crippen LogP contribution in [0.2, 0.25) is 5.02 Å². The van der Waals surface area contributed by atoms with Gasteiger partial charge in [-0.1, -0.05) is 17.7 Å². The van der Waals surface area contributed by atoms with Gasteiger partial charge in [0.25, 0.3) is 0 Å². The van der Waals surface area contributed by atoms with Gasteiger partial charge in [-0.05, 0) is 24.6 Å². The zero-order valence-electron chi connectivity index (χ0n) is 8.49. The Kier molecular flexibility index (Phi) is 3.86. The average molecular weight is 227 g/mol. The molecule has 0 saturated carbocycles. The molecule has 0 amide bonds. The summed E-state index contributed by atoms with van der Waals surface area (Å²) in [5.74, 6) is -0.710. The zero-order chi connectivity index (χ0) is 11.4. The molecule has 4 heteroatoms. The smallest absolute Gasteiger partial charge is 0.312 e. The normalized spacial score (nSPS) is 11.9. The predicted molar refractivity (Wildman–Crippen MR) is 57.3 cm³/mol. The van der Waals surface area contributed by atoms with Crippen molar-refractivity contribution in [2.75, 3.05) is 7.11 Å². The molecule has 0 aliphatic heterocycles. The van der Waals surface area contributed by atoms with Crippen LogP contribution < -0.4 is 0 Å². The first-order valence-electron chi connectivity index (χ1n) is 4.42. The number of methoxy groups -OCH3 is 1. The fraction of sp³-hybridized carbons (Fsp3) is 0.273. The second-order valence-corrected chi connectivity index (χ2v) is 3.55. The quantitative estimate of drug-likeness (QED) is 0.587. The Bertz CT molecular complexity index is 387. The maximum atomic E-state index is 11.2. The van der Waals surface area contributed by atoms with Gasteiger partial charge >= 0.3 is 5.97 Å². The number of esters is 1. The van der Waals surface area contributed by atoms with E-state index in [2.05, 4.69) is 4.74 Å². The van der Waals surface area contributed by atoms with Crippen LogP contribution in [0.15, 0.2) is 18.2 Å². The molecule has 0 saturated heterocycles. The Labute approximate surface area is 93.0 Å². The molecule has 1 unspecified atom stereocenters. The van der Waals surface area contributed by atoms with Gasteiger partial charge < -0.3 is 4.74 Å². The van der Waals surface area contributed by atoms with E-state index in [1.807, 2.05) is 0 Å². The molecule has 0 heterocycles. The lowest BCUT2D eigenvalue weighted by Crippen LogP contribution is -2.10. The second-order valence-electron chi connectivity index (χ2n) is 3.14. The van der Waals surface area contributed by atoms with Crippen molar-refractivity contribution in [1.29, 1.82) is 0 Å². The number of carbonyl (C=O) groups is 2. The number of benzene rings is 1. The van der Waals surface area contributed by atoms with Crippen molar-refractivity contribution >= 4 is 23.9 Å². The molecule has 0 spiro atoms. The second kappa shape index (κ2) is 4.94. The highest BCUT2D eigenvalue weighted by atomic mass is 35.5. The Morgan fingerprint density at radius 2 is 2.20 bits per heavy atom. The van der Waals surface area contributed by atoms with Crippen LogP contribution in [0.25, 0.3) is 0 Å². The molecule has 0 bridgehead atoms.